The molecule has 13 heavy (non-hydrogen) atoms. The molecule has 0 N–H and O–H groups in total. The second kappa shape index (κ2) is 7.41. The molecule has 0 fully saturated rings. The van der Waals surface area contributed by atoms with Gasteiger partial charge in [-0.1, -0.05) is 27.7 Å². The maximum atomic E-state index is 11.4. The van der Waals surface area contributed by atoms with Gasteiger partial charge in [-0.15, -0.1) is 0 Å². The fourth-order valence-electron chi connectivity index (χ4n) is 1.55. The fourth-order valence-corrected chi connectivity index (χ4v) is 1.55. The normalized spacial score (nSPS) is 10.5. The van der Waals surface area contributed by atoms with Gasteiger partial charge in [0.1, 0.15) is 0 Å². The van der Waals surface area contributed by atoms with Crippen LogP contribution in [0.3, 0.4) is 0 Å². The van der Waals surface area contributed by atoms with Gasteiger partial charge in [0.05, 0.1) is 12.5 Å². The van der Waals surface area contributed by atoms with Crippen molar-refractivity contribution < 1.29 is 9.53 Å². The molecule has 0 aromatic heterocycles. The minimum absolute atomic E-state index is 0. The molecule has 0 aromatic carbocycles. The van der Waals surface area contributed by atoms with Crippen molar-refractivity contribution in [2.75, 3.05) is 6.61 Å². The second-order valence-corrected chi connectivity index (χ2v) is 3.77. The van der Waals surface area contributed by atoms with Crippen LogP contribution in [-0.4, -0.2) is 29.9 Å². The third kappa shape index (κ3) is 5.34. The van der Waals surface area contributed by atoms with Crippen LogP contribution in [0.1, 0.15) is 34.6 Å². The molecule has 0 saturated carbocycles. The number of rotatable bonds is 4. The van der Waals surface area contributed by atoms with E-state index in [2.05, 4.69) is 27.7 Å². The van der Waals surface area contributed by atoms with Crippen molar-refractivity contribution in [3.8, 4) is 0 Å². The first kappa shape index (κ1) is 15.5. The van der Waals surface area contributed by atoms with Gasteiger partial charge >= 0.3 is 5.97 Å². The molecule has 0 aliphatic heterocycles. The number of hydrogen-bond acceptors (Lipinski definition) is 2. The van der Waals surface area contributed by atoms with Crippen molar-refractivity contribution in [1.29, 1.82) is 0 Å². The van der Waals surface area contributed by atoms with E-state index >= 15 is 0 Å². The lowest BCUT2D eigenvalue weighted by molar-refractivity contribution is -0.151. The van der Waals surface area contributed by atoms with E-state index in [0.29, 0.717) is 18.4 Å². The van der Waals surface area contributed by atoms with Crippen LogP contribution in [0.15, 0.2) is 0 Å². The number of hydrogen-bond donors (Lipinski definition) is 0. The first-order chi connectivity index (χ1) is 5.50. The summed E-state index contributed by atoms with van der Waals surface area (Å²) in [5, 5.41) is 0. The maximum Gasteiger partial charge on any atom is 0.309 e. The van der Waals surface area contributed by atoms with Crippen LogP contribution in [-0.2, 0) is 9.53 Å². The third-order valence-corrected chi connectivity index (χ3v) is 2.00. The topological polar surface area (TPSA) is 26.3 Å². The van der Waals surface area contributed by atoms with Crippen molar-refractivity contribution >= 4 is 23.3 Å². The average molecular weight is 202 g/mol. The Morgan fingerprint density at radius 2 is 1.54 bits per heavy atom. The molecule has 3 heteroatoms. The molecule has 78 valence electrons. The maximum absolute atomic E-state index is 11.4. The fraction of sp³-hybridized carbons (Fsp3) is 0.900. The molecule has 0 heterocycles. The number of esters is 1. The summed E-state index contributed by atoms with van der Waals surface area (Å²) in [5.41, 5.74) is 0. The van der Waals surface area contributed by atoms with Crippen LogP contribution >= 0.6 is 0 Å². The van der Waals surface area contributed by atoms with E-state index in [4.69, 9.17) is 4.74 Å². The predicted molar refractivity (Wildman–Crippen MR) is 59.7 cm³/mol. The summed E-state index contributed by atoms with van der Waals surface area (Å²) in [7, 11) is 0. The molecule has 0 radical (unpaired) electrons. The van der Waals surface area contributed by atoms with E-state index in [0.717, 1.165) is 0 Å². The van der Waals surface area contributed by atoms with Crippen LogP contribution in [0, 0.1) is 17.8 Å². The molecule has 0 spiro atoms. The summed E-state index contributed by atoms with van der Waals surface area (Å²) in [5.74, 6) is 0.723. The summed E-state index contributed by atoms with van der Waals surface area (Å²) in [6, 6.07) is 0. The number of ether oxygens (including phenoxy) is 1. The second-order valence-electron chi connectivity index (χ2n) is 3.77. The van der Waals surface area contributed by atoms with Crippen molar-refractivity contribution in [2.24, 2.45) is 17.8 Å². The van der Waals surface area contributed by atoms with E-state index in [1.54, 1.807) is 0 Å². The van der Waals surface area contributed by atoms with Gasteiger partial charge in [-0.3, -0.25) is 4.79 Å². The minimum Gasteiger partial charge on any atom is -0.466 e. The highest BCUT2D eigenvalue weighted by Crippen LogP contribution is 2.21. The van der Waals surface area contributed by atoms with E-state index in [-0.39, 0.29) is 29.2 Å². The Morgan fingerprint density at radius 3 is 1.77 bits per heavy atom. The van der Waals surface area contributed by atoms with Gasteiger partial charge in [0.2, 0.25) is 0 Å². The third-order valence-electron chi connectivity index (χ3n) is 2.00. The zero-order valence-corrected chi connectivity index (χ0v) is 8.76. The minimum atomic E-state index is -0.0532. The number of carbonyl (C=O) groups excluding carboxylic acids is 1. The van der Waals surface area contributed by atoms with E-state index in [9.17, 15) is 4.79 Å². The summed E-state index contributed by atoms with van der Waals surface area (Å²) in [6.07, 6.45) is 0. The Morgan fingerprint density at radius 1 is 1.15 bits per heavy atom. The Labute approximate surface area is 92.2 Å². The molecule has 0 rings (SSSR count). The molecule has 0 bridgehead atoms. The zero-order chi connectivity index (χ0) is 9.72. The molecular formula is C10H23AlO2. The highest BCUT2D eigenvalue weighted by atomic mass is 27.0. The molecule has 0 aliphatic carbocycles. The summed E-state index contributed by atoms with van der Waals surface area (Å²) in [4.78, 5) is 11.4. The van der Waals surface area contributed by atoms with Gasteiger partial charge in [0, 0.05) is 0 Å². The summed E-state index contributed by atoms with van der Waals surface area (Å²) in [6.45, 7) is 10.6. The van der Waals surface area contributed by atoms with E-state index in [1.807, 2.05) is 6.92 Å². The lowest BCUT2D eigenvalue weighted by Gasteiger charge is -2.22. The zero-order valence-electron chi connectivity index (χ0n) is 8.76. The summed E-state index contributed by atoms with van der Waals surface area (Å²) >= 11 is 0. The van der Waals surface area contributed by atoms with Gasteiger partial charge in [0.15, 0.2) is 17.4 Å². The lowest BCUT2D eigenvalue weighted by Crippen LogP contribution is -2.27. The predicted octanol–water partition coefficient (Wildman–Crippen LogP) is 1.29. The Bertz CT molecular complexity index is 136. The van der Waals surface area contributed by atoms with Gasteiger partial charge in [-0.25, -0.2) is 0 Å². The first-order valence-corrected chi connectivity index (χ1v) is 4.67. The van der Waals surface area contributed by atoms with Gasteiger partial charge in [-0.05, 0) is 18.8 Å². The Balaban J connectivity index is 0. The number of carbonyl (C=O) groups is 1. The van der Waals surface area contributed by atoms with Crippen molar-refractivity contribution in [3.05, 3.63) is 0 Å². The van der Waals surface area contributed by atoms with Gasteiger partial charge < -0.3 is 4.74 Å². The smallest absolute Gasteiger partial charge is 0.309 e. The van der Waals surface area contributed by atoms with Crippen molar-refractivity contribution in [3.63, 3.8) is 0 Å². The standard InChI is InChI=1S/C10H20O2.Al.3H/c1-6-12-10(11)9(7(2)3)8(4)5;;;;/h7-9H,6H2,1-5H3;;;;. The van der Waals surface area contributed by atoms with Crippen LogP contribution in [0.5, 0.6) is 0 Å². The van der Waals surface area contributed by atoms with E-state index in [1.165, 1.54) is 0 Å². The lowest BCUT2D eigenvalue weighted by atomic mass is 9.86. The summed E-state index contributed by atoms with van der Waals surface area (Å²) < 4.78 is 4.99. The molecule has 0 saturated heterocycles. The van der Waals surface area contributed by atoms with Gasteiger partial charge in [-0.2, -0.15) is 0 Å². The highest BCUT2D eigenvalue weighted by molar-refractivity contribution is 5.75. The Kier molecular flexibility index (Phi) is 8.82. The SMILES string of the molecule is CCOC(=O)C(C(C)C)C(C)C.[AlH3]. The van der Waals surface area contributed by atoms with Crippen molar-refractivity contribution in [1.82, 2.24) is 0 Å². The molecule has 0 unspecified atom stereocenters. The quantitative estimate of drug-likeness (QED) is 0.507. The molecular weight excluding hydrogens is 179 g/mol. The monoisotopic (exact) mass is 202 g/mol. The molecule has 2 nitrogen and oxygen atoms in total. The average Bonchev–Trinajstić information content (AvgIpc) is 1.85. The largest absolute Gasteiger partial charge is 0.466 e. The van der Waals surface area contributed by atoms with Gasteiger partial charge in [0.25, 0.3) is 0 Å². The molecule has 0 aromatic rings. The van der Waals surface area contributed by atoms with Crippen molar-refractivity contribution in [2.45, 2.75) is 34.6 Å². The molecule has 0 aliphatic rings. The first-order valence-electron chi connectivity index (χ1n) is 4.67. The molecule has 0 amide bonds. The van der Waals surface area contributed by atoms with E-state index < -0.39 is 0 Å². The van der Waals surface area contributed by atoms with Crippen LogP contribution in [0.25, 0.3) is 0 Å². The van der Waals surface area contributed by atoms with Crippen LogP contribution in [0.2, 0.25) is 0 Å². The molecule has 0 atom stereocenters. The van der Waals surface area contributed by atoms with Crippen LogP contribution < -0.4 is 0 Å². The van der Waals surface area contributed by atoms with Crippen LogP contribution in [0.4, 0.5) is 0 Å². The highest BCUT2D eigenvalue weighted by Gasteiger charge is 2.26. The Hall–Kier alpha value is 0.00247.